The van der Waals surface area contributed by atoms with Crippen LogP contribution >= 0.6 is 0 Å². The molecule has 0 spiro atoms. The van der Waals surface area contributed by atoms with Gasteiger partial charge in [-0.05, 0) is 60.5 Å². The van der Waals surface area contributed by atoms with E-state index >= 15 is 0 Å². The highest BCUT2D eigenvalue weighted by Gasteiger charge is 2.12. The number of methoxy groups -OCH3 is 1. The number of nitrogens with zero attached hydrogens (tertiary/aromatic N) is 1. The Morgan fingerprint density at radius 1 is 1.03 bits per heavy atom. The maximum Gasteiger partial charge on any atom is 0.335 e. The zero-order valence-corrected chi connectivity index (χ0v) is 19.3. The monoisotopic (exact) mass is 472 g/mol. The molecule has 0 fully saturated rings. The fourth-order valence-electron chi connectivity index (χ4n) is 3.19. The molecule has 178 valence electrons. The predicted octanol–water partition coefficient (Wildman–Crippen LogP) is 4.92. The van der Waals surface area contributed by atoms with Gasteiger partial charge in [0.1, 0.15) is 24.0 Å². The van der Waals surface area contributed by atoms with Crippen LogP contribution in [0.25, 0.3) is 6.08 Å². The molecular formula is C27H24N2O6. The number of nitriles is 1. The molecule has 0 saturated heterocycles. The van der Waals surface area contributed by atoms with Crippen LogP contribution in [0.5, 0.6) is 17.2 Å². The molecule has 0 bridgehead atoms. The van der Waals surface area contributed by atoms with Crippen molar-refractivity contribution in [2.24, 2.45) is 0 Å². The third kappa shape index (κ3) is 6.85. The van der Waals surface area contributed by atoms with Crippen LogP contribution in [0.4, 0.5) is 5.69 Å². The molecule has 1 amide bonds. The molecule has 8 nitrogen and oxygen atoms in total. The molecule has 0 aromatic heterocycles. The van der Waals surface area contributed by atoms with Gasteiger partial charge >= 0.3 is 5.97 Å². The molecule has 0 saturated carbocycles. The lowest BCUT2D eigenvalue weighted by atomic mass is 10.1. The first kappa shape index (κ1) is 24.9. The smallest absolute Gasteiger partial charge is 0.335 e. The normalized spacial score (nSPS) is 10.7. The minimum absolute atomic E-state index is 0.0898. The molecule has 0 radical (unpaired) electrons. The van der Waals surface area contributed by atoms with Gasteiger partial charge in [-0.25, -0.2) is 4.79 Å². The number of hydrogen-bond donors (Lipinski definition) is 2. The van der Waals surface area contributed by atoms with Gasteiger partial charge in [-0.15, -0.1) is 0 Å². The molecule has 0 atom stereocenters. The molecule has 35 heavy (non-hydrogen) atoms. The molecule has 0 aliphatic carbocycles. The van der Waals surface area contributed by atoms with E-state index in [9.17, 15) is 14.9 Å². The van der Waals surface area contributed by atoms with E-state index in [1.165, 1.54) is 25.3 Å². The largest absolute Gasteiger partial charge is 0.494 e. The number of carboxylic acids is 1. The van der Waals surface area contributed by atoms with E-state index in [0.717, 1.165) is 0 Å². The van der Waals surface area contributed by atoms with Gasteiger partial charge < -0.3 is 24.6 Å². The first-order valence-corrected chi connectivity index (χ1v) is 10.7. The molecule has 3 rings (SSSR count). The first-order valence-electron chi connectivity index (χ1n) is 10.7. The Balaban J connectivity index is 1.74. The van der Waals surface area contributed by atoms with Crippen molar-refractivity contribution in [1.29, 1.82) is 5.26 Å². The first-order chi connectivity index (χ1) is 16.9. The number of hydrogen-bond acceptors (Lipinski definition) is 6. The van der Waals surface area contributed by atoms with Crippen molar-refractivity contribution in [3.63, 3.8) is 0 Å². The summed E-state index contributed by atoms with van der Waals surface area (Å²) in [4.78, 5) is 23.8. The number of aromatic carboxylic acids is 1. The molecular weight excluding hydrogens is 448 g/mol. The third-order valence-corrected chi connectivity index (χ3v) is 4.83. The maximum atomic E-state index is 12.6. The third-order valence-electron chi connectivity index (χ3n) is 4.83. The summed E-state index contributed by atoms with van der Waals surface area (Å²) in [6.45, 7) is 2.50. The Labute approximate surface area is 203 Å². The number of amides is 1. The summed E-state index contributed by atoms with van der Waals surface area (Å²) in [5.74, 6) is -0.127. The highest BCUT2D eigenvalue weighted by Crippen LogP contribution is 2.30. The second-order valence-corrected chi connectivity index (χ2v) is 7.29. The van der Waals surface area contributed by atoms with Gasteiger partial charge in [-0.2, -0.15) is 5.26 Å². The highest BCUT2D eigenvalue weighted by molar-refractivity contribution is 6.09. The van der Waals surface area contributed by atoms with Crippen LogP contribution in [-0.4, -0.2) is 30.7 Å². The van der Waals surface area contributed by atoms with Crippen molar-refractivity contribution >= 4 is 23.6 Å². The van der Waals surface area contributed by atoms with Gasteiger partial charge in [0.25, 0.3) is 5.91 Å². The topological polar surface area (TPSA) is 118 Å². The zero-order chi connectivity index (χ0) is 25.2. The van der Waals surface area contributed by atoms with Crippen molar-refractivity contribution in [2.75, 3.05) is 19.0 Å². The van der Waals surface area contributed by atoms with Crippen LogP contribution < -0.4 is 19.5 Å². The summed E-state index contributed by atoms with van der Waals surface area (Å²) < 4.78 is 16.6. The summed E-state index contributed by atoms with van der Waals surface area (Å²) in [6, 6.07) is 20.3. The maximum absolute atomic E-state index is 12.6. The number of nitrogens with one attached hydrogen (secondary N) is 1. The minimum Gasteiger partial charge on any atom is -0.494 e. The second kappa shape index (κ2) is 11.9. The fourth-order valence-corrected chi connectivity index (χ4v) is 3.19. The SMILES string of the molecule is CCOc1cccc(NC(=O)/C(C#N)=C\c2ccc(OCc3cccc(C(=O)O)c3)c(OC)c2)c1. The van der Waals surface area contributed by atoms with Crippen LogP contribution in [0.1, 0.15) is 28.4 Å². The quantitative estimate of drug-likeness (QED) is 0.318. The van der Waals surface area contributed by atoms with E-state index in [-0.39, 0.29) is 17.7 Å². The van der Waals surface area contributed by atoms with Gasteiger partial charge in [0, 0.05) is 11.8 Å². The molecule has 0 aliphatic heterocycles. The molecule has 0 unspecified atom stereocenters. The number of anilines is 1. The highest BCUT2D eigenvalue weighted by atomic mass is 16.5. The van der Waals surface area contributed by atoms with Crippen LogP contribution in [0.15, 0.2) is 72.3 Å². The lowest BCUT2D eigenvalue weighted by Gasteiger charge is -2.12. The lowest BCUT2D eigenvalue weighted by Crippen LogP contribution is -2.13. The Kier molecular flexibility index (Phi) is 8.46. The molecule has 8 heteroatoms. The molecule has 2 N–H and O–H groups in total. The molecule has 3 aromatic carbocycles. The van der Waals surface area contributed by atoms with Gasteiger partial charge in [0.15, 0.2) is 11.5 Å². The summed E-state index contributed by atoms with van der Waals surface area (Å²) in [5.41, 5.74) is 1.85. The zero-order valence-electron chi connectivity index (χ0n) is 19.3. The van der Waals surface area contributed by atoms with E-state index < -0.39 is 11.9 Å². The van der Waals surface area contributed by atoms with Crippen molar-refractivity contribution in [1.82, 2.24) is 0 Å². The van der Waals surface area contributed by atoms with Crippen LogP contribution in [-0.2, 0) is 11.4 Å². The van der Waals surface area contributed by atoms with Crippen molar-refractivity contribution in [3.8, 4) is 23.3 Å². The molecule has 0 aliphatic rings. The minimum atomic E-state index is -1.01. The van der Waals surface area contributed by atoms with Gasteiger partial charge in [0.05, 0.1) is 19.3 Å². The second-order valence-electron chi connectivity index (χ2n) is 7.29. The average molecular weight is 472 g/mol. The van der Waals surface area contributed by atoms with Crippen LogP contribution in [0.2, 0.25) is 0 Å². The van der Waals surface area contributed by atoms with Gasteiger partial charge in [-0.3, -0.25) is 4.79 Å². The summed E-state index contributed by atoms with van der Waals surface area (Å²) >= 11 is 0. The number of ether oxygens (including phenoxy) is 3. The van der Waals surface area contributed by atoms with E-state index in [0.29, 0.717) is 40.7 Å². The lowest BCUT2D eigenvalue weighted by molar-refractivity contribution is -0.112. The van der Waals surface area contributed by atoms with Gasteiger partial charge in [-0.1, -0.05) is 24.3 Å². The van der Waals surface area contributed by atoms with E-state index in [1.807, 2.05) is 13.0 Å². The summed E-state index contributed by atoms with van der Waals surface area (Å²) in [5, 5.41) is 21.4. The fraction of sp³-hybridized carbons (Fsp3) is 0.148. The van der Waals surface area contributed by atoms with Gasteiger partial charge in [0.2, 0.25) is 0 Å². The molecule has 3 aromatic rings. The van der Waals surface area contributed by atoms with Crippen molar-refractivity contribution in [2.45, 2.75) is 13.5 Å². The van der Waals surface area contributed by atoms with Crippen molar-refractivity contribution < 1.29 is 28.9 Å². The van der Waals surface area contributed by atoms with E-state index in [2.05, 4.69) is 5.32 Å². The van der Waals surface area contributed by atoms with E-state index in [1.54, 1.807) is 54.6 Å². The van der Waals surface area contributed by atoms with Crippen molar-refractivity contribution in [3.05, 3.63) is 89.0 Å². The number of rotatable bonds is 10. The predicted molar refractivity (Wildman–Crippen MR) is 131 cm³/mol. The summed E-state index contributed by atoms with van der Waals surface area (Å²) in [6.07, 6.45) is 1.45. The number of carbonyl (C=O) groups is 2. The number of carbonyl (C=O) groups excluding carboxylic acids is 1. The Bertz CT molecular complexity index is 1290. The standard InChI is InChI=1S/C27H24N2O6/c1-3-34-23-9-5-8-22(15-23)29-26(30)21(16-28)12-18-10-11-24(25(14-18)33-2)35-17-19-6-4-7-20(13-19)27(31)32/h4-15H,3,17H2,1-2H3,(H,29,30)(H,31,32)/b21-12-. The average Bonchev–Trinajstić information content (AvgIpc) is 2.86. The summed E-state index contributed by atoms with van der Waals surface area (Å²) in [7, 11) is 1.48. The molecule has 0 heterocycles. The number of carboxylic acid groups (broad SMARTS) is 1. The van der Waals surface area contributed by atoms with Crippen LogP contribution in [0.3, 0.4) is 0 Å². The Morgan fingerprint density at radius 2 is 1.83 bits per heavy atom. The van der Waals surface area contributed by atoms with Crippen LogP contribution in [0, 0.1) is 11.3 Å². The van der Waals surface area contributed by atoms with E-state index in [4.69, 9.17) is 19.3 Å². The Hall–Kier alpha value is -4.77. The Morgan fingerprint density at radius 3 is 2.54 bits per heavy atom. The number of benzene rings is 3.